The monoisotopic (exact) mass is 286 g/mol. The van der Waals surface area contributed by atoms with E-state index in [2.05, 4.69) is 21.7 Å². The van der Waals surface area contributed by atoms with Gasteiger partial charge in [0, 0.05) is 10.5 Å². The summed E-state index contributed by atoms with van der Waals surface area (Å²) in [7, 11) is 0. The first-order valence-electron chi connectivity index (χ1n) is 6.17. The molecule has 0 aromatic carbocycles. The Balaban J connectivity index is 0.000000269. The molecule has 0 saturated carbocycles. The number of carbonyl (C=O) groups excluding carboxylic acids is 2. The Morgan fingerprint density at radius 2 is 1.44 bits per heavy atom. The van der Waals surface area contributed by atoms with Gasteiger partial charge < -0.3 is 0 Å². The third-order valence-electron chi connectivity index (χ3n) is 2.74. The molecule has 4 nitrogen and oxygen atoms in total. The second kappa shape index (κ2) is 10.4. The first kappa shape index (κ1) is 15.5. The quantitative estimate of drug-likeness (QED) is 0.588. The lowest BCUT2D eigenvalue weighted by Crippen LogP contribution is -2.03. The molecule has 0 spiro atoms. The van der Waals surface area contributed by atoms with Gasteiger partial charge in [0.1, 0.15) is 0 Å². The van der Waals surface area contributed by atoms with Gasteiger partial charge in [-0.2, -0.15) is 23.5 Å². The molecule has 6 heteroatoms. The van der Waals surface area contributed by atoms with E-state index in [0.717, 1.165) is 12.8 Å². The maximum atomic E-state index is 9.84. The van der Waals surface area contributed by atoms with Crippen LogP contribution in [-0.2, 0) is 9.59 Å². The zero-order valence-electron chi connectivity index (χ0n) is 10.3. The van der Waals surface area contributed by atoms with E-state index in [1.807, 2.05) is 0 Å². The molecule has 0 aromatic rings. The number of hydrogen-bond acceptors (Lipinski definition) is 6. The molecule has 18 heavy (non-hydrogen) atoms. The number of aliphatic imine (C=N–C) groups is 2. The Kier molecular flexibility index (Phi) is 8.96. The highest BCUT2D eigenvalue weighted by Gasteiger charge is 2.24. The molecule has 0 radical (unpaired) electrons. The van der Waals surface area contributed by atoms with E-state index in [9.17, 15) is 9.59 Å². The Morgan fingerprint density at radius 1 is 0.944 bits per heavy atom. The summed E-state index contributed by atoms with van der Waals surface area (Å²) in [5, 5.41) is 0.793. The predicted molar refractivity (Wildman–Crippen MR) is 76.9 cm³/mol. The van der Waals surface area contributed by atoms with Crippen LogP contribution in [-0.4, -0.2) is 47.3 Å². The molecule has 2 saturated heterocycles. The molecule has 2 fully saturated rings. The number of hydrogen-bond donors (Lipinski definition) is 0. The Hall–Kier alpha value is -0.540. The molecule has 2 heterocycles. The van der Waals surface area contributed by atoms with Gasteiger partial charge in [-0.05, 0) is 37.2 Å². The van der Waals surface area contributed by atoms with Crippen molar-refractivity contribution >= 4 is 35.7 Å². The SMILES string of the molecule is C1CCSC1.O=C=NCC1CCC(CN=C=O)S1. The minimum Gasteiger partial charge on any atom is -0.211 e. The fourth-order valence-electron chi connectivity index (χ4n) is 1.84. The molecule has 100 valence electrons. The number of nitrogens with zero attached hydrogens (tertiary/aromatic N) is 2. The summed E-state index contributed by atoms with van der Waals surface area (Å²) in [6, 6.07) is 0. The van der Waals surface area contributed by atoms with Crippen LogP contribution in [0.5, 0.6) is 0 Å². The van der Waals surface area contributed by atoms with Crippen LogP contribution in [0.4, 0.5) is 0 Å². The molecule has 0 N–H and O–H groups in total. The average Bonchev–Trinajstić information content (AvgIpc) is 3.08. The van der Waals surface area contributed by atoms with Crippen molar-refractivity contribution in [1.82, 2.24) is 0 Å². The van der Waals surface area contributed by atoms with E-state index in [1.54, 1.807) is 11.8 Å². The van der Waals surface area contributed by atoms with Gasteiger partial charge in [0.05, 0.1) is 13.1 Å². The van der Waals surface area contributed by atoms with Crippen LogP contribution < -0.4 is 0 Å². The van der Waals surface area contributed by atoms with Gasteiger partial charge in [-0.1, -0.05) is 0 Å². The van der Waals surface area contributed by atoms with Gasteiger partial charge in [-0.25, -0.2) is 19.6 Å². The van der Waals surface area contributed by atoms with Gasteiger partial charge >= 0.3 is 0 Å². The molecule has 2 rings (SSSR count). The van der Waals surface area contributed by atoms with Crippen LogP contribution in [0, 0.1) is 0 Å². The average molecular weight is 286 g/mol. The van der Waals surface area contributed by atoms with Crippen molar-refractivity contribution < 1.29 is 9.59 Å². The second-order valence-electron chi connectivity index (χ2n) is 4.14. The summed E-state index contributed by atoms with van der Waals surface area (Å²) in [6.07, 6.45) is 8.06. The number of rotatable bonds is 4. The van der Waals surface area contributed by atoms with Crippen molar-refractivity contribution in [2.24, 2.45) is 9.98 Å². The van der Waals surface area contributed by atoms with Crippen LogP contribution in [0.2, 0.25) is 0 Å². The van der Waals surface area contributed by atoms with Crippen molar-refractivity contribution in [3.05, 3.63) is 0 Å². The van der Waals surface area contributed by atoms with Gasteiger partial charge in [0.15, 0.2) is 0 Å². The molecule has 0 aromatic heterocycles. The summed E-state index contributed by atoms with van der Waals surface area (Å²) >= 11 is 3.82. The smallest absolute Gasteiger partial charge is 0.211 e. The third kappa shape index (κ3) is 7.02. The lowest BCUT2D eigenvalue weighted by molar-refractivity contribution is 0.561. The fraction of sp³-hybridized carbons (Fsp3) is 0.833. The maximum Gasteiger partial charge on any atom is 0.234 e. The van der Waals surface area contributed by atoms with E-state index in [1.165, 1.54) is 36.5 Å². The number of thioether (sulfide) groups is 2. The van der Waals surface area contributed by atoms with Crippen LogP contribution >= 0.6 is 23.5 Å². The van der Waals surface area contributed by atoms with Crippen molar-refractivity contribution in [1.29, 1.82) is 0 Å². The Labute approximate surface area is 116 Å². The van der Waals surface area contributed by atoms with Gasteiger partial charge in [0.25, 0.3) is 0 Å². The van der Waals surface area contributed by atoms with Crippen LogP contribution in [0.1, 0.15) is 25.7 Å². The Morgan fingerprint density at radius 3 is 1.78 bits per heavy atom. The normalized spacial score (nSPS) is 25.6. The highest BCUT2D eigenvalue weighted by atomic mass is 32.2. The minimum absolute atomic E-state index is 0.397. The van der Waals surface area contributed by atoms with Crippen molar-refractivity contribution in [3.8, 4) is 0 Å². The number of isocyanates is 2. The van der Waals surface area contributed by atoms with Gasteiger partial charge in [-0.3, -0.25) is 0 Å². The molecule has 2 aliphatic heterocycles. The molecular formula is C12H18N2O2S2. The van der Waals surface area contributed by atoms with E-state index in [4.69, 9.17) is 0 Å². The van der Waals surface area contributed by atoms with E-state index >= 15 is 0 Å². The third-order valence-corrected chi connectivity index (χ3v) is 5.44. The maximum absolute atomic E-state index is 9.84. The summed E-state index contributed by atoms with van der Waals surface area (Å²) in [5.41, 5.74) is 0. The highest BCUT2D eigenvalue weighted by Crippen LogP contribution is 2.33. The zero-order valence-corrected chi connectivity index (χ0v) is 12.0. The first-order chi connectivity index (χ1) is 8.86. The minimum atomic E-state index is 0.397. The van der Waals surface area contributed by atoms with E-state index in [0.29, 0.717) is 23.6 Å². The molecule has 0 amide bonds. The van der Waals surface area contributed by atoms with Crippen molar-refractivity contribution in [2.75, 3.05) is 24.6 Å². The summed E-state index contributed by atoms with van der Waals surface area (Å²) < 4.78 is 0. The van der Waals surface area contributed by atoms with Crippen molar-refractivity contribution in [3.63, 3.8) is 0 Å². The summed E-state index contributed by atoms with van der Waals surface area (Å²) in [6.45, 7) is 1.07. The van der Waals surface area contributed by atoms with Gasteiger partial charge in [-0.15, -0.1) is 0 Å². The molecular weight excluding hydrogens is 268 g/mol. The molecule has 0 bridgehead atoms. The standard InChI is InChI=1S/C8H10N2O2S.C4H8S/c11-5-9-3-7-1-2-8(13-7)4-10-6-12;1-2-4-5-3-1/h7-8H,1-4H2;1-4H2. The fourth-order valence-corrected chi connectivity index (χ4v) is 4.27. The first-order valence-corrected chi connectivity index (χ1v) is 8.27. The zero-order chi connectivity index (χ0) is 13.1. The van der Waals surface area contributed by atoms with Crippen LogP contribution in [0.15, 0.2) is 9.98 Å². The highest BCUT2D eigenvalue weighted by molar-refractivity contribution is 8.00. The lowest BCUT2D eigenvalue weighted by Gasteiger charge is -2.04. The molecule has 2 unspecified atom stereocenters. The Bertz CT molecular complexity index is 288. The van der Waals surface area contributed by atoms with Crippen LogP contribution in [0.3, 0.4) is 0 Å². The largest absolute Gasteiger partial charge is 0.234 e. The van der Waals surface area contributed by atoms with Crippen molar-refractivity contribution in [2.45, 2.75) is 36.2 Å². The summed E-state index contributed by atoms with van der Waals surface area (Å²) in [4.78, 5) is 26.8. The molecule has 2 aliphatic rings. The molecule has 2 atom stereocenters. The second-order valence-corrected chi connectivity index (χ2v) is 6.97. The van der Waals surface area contributed by atoms with Crippen LogP contribution in [0.25, 0.3) is 0 Å². The lowest BCUT2D eigenvalue weighted by atomic mass is 10.2. The topological polar surface area (TPSA) is 58.9 Å². The van der Waals surface area contributed by atoms with E-state index in [-0.39, 0.29) is 0 Å². The van der Waals surface area contributed by atoms with E-state index < -0.39 is 0 Å². The summed E-state index contributed by atoms with van der Waals surface area (Å²) in [5.74, 6) is 2.83. The predicted octanol–water partition coefficient (Wildman–Crippen LogP) is 2.44. The van der Waals surface area contributed by atoms with Gasteiger partial charge in [0.2, 0.25) is 12.2 Å². The molecule has 0 aliphatic carbocycles.